The summed E-state index contributed by atoms with van der Waals surface area (Å²) in [6, 6.07) is 14.4. The lowest BCUT2D eigenvalue weighted by atomic mass is 10.2. The number of anilines is 2. The molecule has 33 heavy (non-hydrogen) atoms. The summed E-state index contributed by atoms with van der Waals surface area (Å²) in [5, 5.41) is 5.79. The van der Waals surface area contributed by atoms with E-state index in [-0.39, 0.29) is 5.69 Å². The summed E-state index contributed by atoms with van der Waals surface area (Å²) in [4.78, 5) is 16.5. The van der Waals surface area contributed by atoms with Crippen LogP contribution in [-0.2, 0) is 0 Å². The lowest BCUT2D eigenvalue weighted by Gasteiger charge is -2.13. The molecule has 2 N–H and O–H groups in total. The predicted octanol–water partition coefficient (Wildman–Crippen LogP) is 5.97. The first-order valence-electron chi connectivity index (χ1n) is 9.78. The van der Waals surface area contributed by atoms with Crippen LogP contribution >= 0.6 is 0 Å². The van der Waals surface area contributed by atoms with Crippen molar-refractivity contribution in [3.8, 4) is 23.0 Å². The SMILES string of the molecule is COc1cc2nccc(Oc3ccc(NC(=O)Nc4ccc(F)c(F)c4)cc3)c2cc1OC. The lowest BCUT2D eigenvalue weighted by molar-refractivity contribution is 0.262. The lowest BCUT2D eigenvalue weighted by Crippen LogP contribution is -2.19. The van der Waals surface area contributed by atoms with E-state index < -0.39 is 17.7 Å². The average molecular weight is 451 g/mol. The van der Waals surface area contributed by atoms with Gasteiger partial charge in [0.2, 0.25) is 0 Å². The second-order valence-electron chi connectivity index (χ2n) is 6.87. The van der Waals surface area contributed by atoms with Gasteiger partial charge in [0.25, 0.3) is 0 Å². The minimum atomic E-state index is -1.05. The number of urea groups is 1. The largest absolute Gasteiger partial charge is 0.493 e. The van der Waals surface area contributed by atoms with Crippen LogP contribution in [0.1, 0.15) is 0 Å². The molecule has 4 rings (SSSR count). The number of fused-ring (bicyclic) bond motifs is 1. The number of methoxy groups -OCH3 is 2. The Bertz CT molecular complexity index is 1310. The zero-order valence-electron chi connectivity index (χ0n) is 17.7. The van der Waals surface area contributed by atoms with Gasteiger partial charge in [-0.15, -0.1) is 0 Å². The summed E-state index contributed by atoms with van der Waals surface area (Å²) >= 11 is 0. The number of nitrogens with zero attached hydrogens (tertiary/aromatic N) is 1. The summed E-state index contributed by atoms with van der Waals surface area (Å²) in [5.41, 5.74) is 1.29. The highest BCUT2D eigenvalue weighted by molar-refractivity contribution is 5.99. The van der Waals surface area contributed by atoms with Crippen molar-refractivity contribution in [2.45, 2.75) is 0 Å². The first-order valence-corrected chi connectivity index (χ1v) is 9.78. The van der Waals surface area contributed by atoms with E-state index in [1.807, 2.05) is 0 Å². The molecule has 0 aliphatic carbocycles. The number of nitrogens with one attached hydrogen (secondary N) is 2. The Morgan fingerprint density at radius 2 is 1.45 bits per heavy atom. The van der Waals surface area contributed by atoms with E-state index in [1.54, 1.807) is 62.9 Å². The predicted molar refractivity (Wildman–Crippen MR) is 120 cm³/mol. The second-order valence-corrected chi connectivity index (χ2v) is 6.87. The number of halogens is 2. The number of amides is 2. The first kappa shape index (κ1) is 21.8. The number of benzene rings is 3. The van der Waals surface area contributed by atoms with Crippen LogP contribution in [0, 0.1) is 11.6 Å². The van der Waals surface area contributed by atoms with Crippen molar-refractivity contribution in [2.24, 2.45) is 0 Å². The molecule has 0 atom stereocenters. The van der Waals surface area contributed by atoms with Gasteiger partial charge in [-0.2, -0.15) is 0 Å². The minimum absolute atomic E-state index is 0.128. The molecule has 7 nitrogen and oxygen atoms in total. The van der Waals surface area contributed by atoms with Crippen molar-refractivity contribution in [2.75, 3.05) is 24.9 Å². The molecular formula is C24H19F2N3O4. The standard InChI is InChI=1S/C24H19F2N3O4/c1-31-22-12-17-20(13-23(22)32-2)27-10-9-21(17)33-16-6-3-14(4-7-16)28-24(30)29-15-5-8-18(25)19(26)11-15/h3-13H,1-2H3,(H2,28,29,30). The summed E-state index contributed by atoms with van der Waals surface area (Å²) < 4.78 is 43.0. The van der Waals surface area contributed by atoms with Crippen LogP contribution in [0.4, 0.5) is 25.0 Å². The molecule has 0 saturated heterocycles. The molecule has 4 aromatic rings. The molecule has 0 fully saturated rings. The van der Waals surface area contributed by atoms with Crippen LogP contribution < -0.4 is 24.8 Å². The number of rotatable bonds is 6. The fourth-order valence-electron chi connectivity index (χ4n) is 3.14. The number of hydrogen-bond donors (Lipinski definition) is 2. The van der Waals surface area contributed by atoms with Crippen LogP contribution in [-0.4, -0.2) is 25.2 Å². The molecule has 1 heterocycles. The molecule has 0 spiro atoms. The maximum Gasteiger partial charge on any atom is 0.323 e. The van der Waals surface area contributed by atoms with Crippen LogP contribution in [0.2, 0.25) is 0 Å². The zero-order chi connectivity index (χ0) is 23.4. The molecule has 0 bridgehead atoms. The van der Waals surface area contributed by atoms with Gasteiger partial charge in [0.05, 0.1) is 19.7 Å². The topological polar surface area (TPSA) is 81.7 Å². The molecule has 3 aromatic carbocycles. The van der Waals surface area contributed by atoms with Gasteiger partial charge in [-0.25, -0.2) is 13.6 Å². The molecule has 0 radical (unpaired) electrons. The van der Waals surface area contributed by atoms with E-state index in [9.17, 15) is 13.6 Å². The number of ether oxygens (including phenoxy) is 3. The van der Waals surface area contributed by atoms with Crippen LogP contribution in [0.15, 0.2) is 66.9 Å². The monoisotopic (exact) mass is 451 g/mol. The van der Waals surface area contributed by atoms with Gasteiger partial charge in [0.15, 0.2) is 23.1 Å². The Kier molecular flexibility index (Phi) is 6.21. The highest BCUT2D eigenvalue weighted by atomic mass is 19.2. The molecule has 168 valence electrons. The maximum atomic E-state index is 13.3. The van der Waals surface area contributed by atoms with Gasteiger partial charge in [-0.3, -0.25) is 4.98 Å². The van der Waals surface area contributed by atoms with E-state index in [2.05, 4.69) is 15.6 Å². The Morgan fingerprint density at radius 3 is 2.15 bits per heavy atom. The fourth-order valence-corrected chi connectivity index (χ4v) is 3.14. The maximum absolute atomic E-state index is 13.3. The zero-order valence-corrected chi connectivity index (χ0v) is 17.7. The van der Waals surface area contributed by atoms with Crippen molar-refractivity contribution in [1.29, 1.82) is 0 Å². The number of hydrogen-bond acceptors (Lipinski definition) is 5. The molecule has 2 amide bonds. The molecule has 0 saturated carbocycles. The summed E-state index contributed by atoms with van der Waals surface area (Å²) in [6.45, 7) is 0. The third-order valence-electron chi connectivity index (χ3n) is 4.72. The average Bonchev–Trinajstić information content (AvgIpc) is 2.82. The number of pyridine rings is 1. The van der Waals surface area contributed by atoms with Gasteiger partial charge in [0, 0.05) is 35.1 Å². The van der Waals surface area contributed by atoms with Gasteiger partial charge < -0.3 is 24.8 Å². The number of carbonyl (C=O) groups is 1. The van der Waals surface area contributed by atoms with Crippen molar-refractivity contribution in [1.82, 2.24) is 4.98 Å². The summed E-state index contributed by atoms with van der Waals surface area (Å²) in [6.07, 6.45) is 1.63. The third kappa shape index (κ3) is 4.93. The molecule has 0 aliphatic heterocycles. The van der Waals surface area contributed by atoms with E-state index in [0.717, 1.165) is 17.5 Å². The van der Waals surface area contributed by atoms with E-state index >= 15 is 0 Å². The number of carbonyl (C=O) groups excluding carboxylic acids is 1. The Labute approximate surface area is 187 Å². The van der Waals surface area contributed by atoms with Crippen molar-refractivity contribution >= 4 is 28.3 Å². The van der Waals surface area contributed by atoms with E-state index in [1.165, 1.54) is 6.07 Å². The quantitative estimate of drug-likeness (QED) is 0.378. The Hall–Kier alpha value is -4.40. The molecular weight excluding hydrogens is 432 g/mol. The van der Waals surface area contributed by atoms with Gasteiger partial charge in [-0.1, -0.05) is 0 Å². The van der Waals surface area contributed by atoms with Crippen LogP contribution in [0.3, 0.4) is 0 Å². The van der Waals surface area contributed by atoms with Crippen LogP contribution in [0.25, 0.3) is 10.9 Å². The van der Waals surface area contributed by atoms with Crippen LogP contribution in [0.5, 0.6) is 23.0 Å². The fraction of sp³-hybridized carbons (Fsp3) is 0.0833. The normalized spacial score (nSPS) is 10.5. The van der Waals surface area contributed by atoms with E-state index in [0.29, 0.717) is 34.2 Å². The minimum Gasteiger partial charge on any atom is -0.493 e. The molecule has 0 aliphatic rings. The van der Waals surface area contributed by atoms with Gasteiger partial charge in [0.1, 0.15) is 11.5 Å². The van der Waals surface area contributed by atoms with Gasteiger partial charge in [-0.05, 0) is 48.5 Å². The van der Waals surface area contributed by atoms with Crippen molar-refractivity contribution in [3.05, 3.63) is 78.5 Å². The number of aromatic nitrogens is 1. The summed E-state index contributed by atoms with van der Waals surface area (Å²) in [5.74, 6) is 0.174. The van der Waals surface area contributed by atoms with Crippen molar-refractivity contribution in [3.63, 3.8) is 0 Å². The molecule has 9 heteroatoms. The summed E-state index contributed by atoms with van der Waals surface area (Å²) in [7, 11) is 3.10. The Morgan fingerprint density at radius 1 is 0.788 bits per heavy atom. The molecule has 1 aromatic heterocycles. The first-order chi connectivity index (χ1) is 16.0. The van der Waals surface area contributed by atoms with Crippen molar-refractivity contribution < 1.29 is 27.8 Å². The highest BCUT2D eigenvalue weighted by Crippen LogP contribution is 2.37. The third-order valence-corrected chi connectivity index (χ3v) is 4.72. The van der Waals surface area contributed by atoms with E-state index in [4.69, 9.17) is 14.2 Å². The van der Waals surface area contributed by atoms with Gasteiger partial charge >= 0.3 is 6.03 Å². The second kappa shape index (κ2) is 9.39. The highest BCUT2D eigenvalue weighted by Gasteiger charge is 2.12. The Balaban J connectivity index is 1.47. The smallest absolute Gasteiger partial charge is 0.323 e. The molecule has 0 unspecified atom stereocenters.